The molecule has 146 valence electrons. The van der Waals surface area contributed by atoms with Gasteiger partial charge in [-0.2, -0.15) is 0 Å². The summed E-state index contributed by atoms with van der Waals surface area (Å²) in [6.07, 6.45) is 2.17. The lowest BCUT2D eigenvalue weighted by Gasteiger charge is -2.29. The highest BCUT2D eigenvalue weighted by Crippen LogP contribution is 2.10. The summed E-state index contributed by atoms with van der Waals surface area (Å²) in [4.78, 5) is 4.74. The third-order valence-corrected chi connectivity index (χ3v) is 5.08. The molecule has 1 aliphatic rings. The van der Waals surface area contributed by atoms with Crippen molar-refractivity contribution in [3.05, 3.63) is 35.4 Å². The number of ether oxygens (including phenoxy) is 2. The fourth-order valence-corrected chi connectivity index (χ4v) is 3.29. The van der Waals surface area contributed by atoms with Crippen LogP contribution in [0.4, 0.5) is 0 Å². The van der Waals surface area contributed by atoms with Gasteiger partial charge in [0.05, 0.1) is 19.8 Å². The van der Waals surface area contributed by atoms with E-state index in [2.05, 4.69) is 46.3 Å². The fourth-order valence-electron chi connectivity index (χ4n) is 3.03. The summed E-state index contributed by atoms with van der Waals surface area (Å²) < 4.78 is 10.5. The zero-order valence-electron chi connectivity index (χ0n) is 16.2. The van der Waals surface area contributed by atoms with Gasteiger partial charge >= 0.3 is 0 Å². The Labute approximate surface area is 163 Å². The molecule has 5 nitrogen and oxygen atoms in total. The van der Waals surface area contributed by atoms with Gasteiger partial charge in [0.15, 0.2) is 5.11 Å². The monoisotopic (exact) mass is 379 g/mol. The first kappa shape index (κ1) is 21.1. The zero-order chi connectivity index (χ0) is 18.6. The highest BCUT2D eigenvalue weighted by molar-refractivity contribution is 7.80. The normalized spacial score (nSPS) is 15.0. The molecule has 1 fully saturated rings. The zero-order valence-corrected chi connectivity index (χ0v) is 17.0. The minimum absolute atomic E-state index is 0.660. The van der Waals surface area contributed by atoms with Crippen molar-refractivity contribution in [3.63, 3.8) is 0 Å². The van der Waals surface area contributed by atoms with Gasteiger partial charge in [-0.15, -0.1) is 0 Å². The van der Waals surface area contributed by atoms with E-state index in [0.29, 0.717) is 6.61 Å². The quantitative estimate of drug-likeness (QED) is 0.497. The Morgan fingerprint density at radius 3 is 2.58 bits per heavy atom. The first-order chi connectivity index (χ1) is 12.7. The van der Waals surface area contributed by atoms with Crippen molar-refractivity contribution in [2.24, 2.45) is 0 Å². The van der Waals surface area contributed by atoms with Crippen LogP contribution in [0.3, 0.4) is 0 Å². The van der Waals surface area contributed by atoms with Crippen LogP contribution < -0.4 is 5.32 Å². The van der Waals surface area contributed by atoms with Gasteiger partial charge in [-0.05, 0) is 36.2 Å². The predicted molar refractivity (Wildman–Crippen MR) is 111 cm³/mol. The maximum Gasteiger partial charge on any atom is 0.169 e. The molecule has 0 saturated carbocycles. The van der Waals surface area contributed by atoms with Crippen molar-refractivity contribution in [1.82, 2.24) is 15.1 Å². The van der Waals surface area contributed by atoms with E-state index in [-0.39, 0.29) is 0 Å². The molecule has 0 spiro atoms. The minimum Gasteiger partial charge on any atom is -0.383 e. The van der Waals surface area contributed by atoms with Gasteiger partial charge in [0.25, 0.3) is 0 Å². The molecule has 0 bridgehead atoms. The Balaban J connectivity index is 1.87. The molecule has 0 unspecified atom stereocenters. The summed E-state index contributed by atoms with van der Waals surface area (Å²) >= 11 is 5.63. The van der Waals surface area contributed by atoms with E-state index in [1.807, 2.05) is 0 Å². The van der Waals surface area contributed by atoms with Gasteiger partial charge in [-0.25, -0.2) is 0 Å². The average Bonchev–Trinajstić information content (AvgIpc) is 2.68. The Morgan fingerprint density at radius 1 is 1.23 bits per heavy atom. The number of benzene rings is 1. The van der Waals surface area contributed by atoms with E-state index >= 15 is 0 Å². The summed E-state index contributed by atoms with van der Waals surface area (Å²) in [7, 11) is 1.71. The maximum absolute atomic E-state index is 5.63. The van der Waals surface area contributed by atoms with Crippen molar-refractivity contribution in [2.75, 3.05) is 59.7 Å². The largest absolute Gasteiger partial charge is 0.383 e. The standard InChI is InChI=1S/C20H33N3O2S/c1-3-18-5-7-19(8-6-18)17-23(20(26)21-9-14-24-2)11-4-10-22-12-15-25-16-13-22/h5-8H,3-4,9-17H2,1-2H3,(H,21,26). The maximum atomic E-state index is 5.63. The SMILES string of the molecule is CCc1ccc(CN(CCCN2CCOCC2)C(=S)NCCOC)cc1. The minimum atomic E-state index is 0.660. The molecule has 6 heteroatoms. The average molecular weight is 380 g/mol. The summed E-state index contributed by atoms with van der Waals surface area (Å²) in [6.45, 7) is 10.2. The molecule has 1 N–H and O–H groups in total. The van der Waals surface area contributed by atoms with E-state index in [1.54, 1.807) is 7.11 Å². The van der Waals surface area contributed by atoms with Crippen LogP contribution in [0.25, 0.3) is 0 Å². The van der Waals surface area contributed by atoms with Crippen LogP contribution in [0.5, 0.6) is 0 Å². The lowest BCUT2D eigenvalue weighted by atomic mass is 10.1. The summed E-state index contributed by atoms with van der Waals surface area (Å²) in [6, 6.07) is 8.85. The van der Waals surface area contributed by atoms with Gasteiger partial charge in [0, 0.05) is 46.4 Å². The first-order valence-electron chi connectivity index (χ1n) is 9.62. The number of methoxy groups -OCH3 is 1. The Bertz CT molecular complexity index is 518. The second-order valence-electron chi connectivity index (χ2n) is 6.62. The molecule has 1 saturated heterocycles. The fraction of sp³-hybridized carbons (Fsp3) is 0.650. The molecule has 2 rings (SSSR count). The Hall–Kier alpha value is -1.21. The molecular weight excluding hydrogens is 346 g/mol. The van der Waals surface area contributed by atoms with Crippen molar-refractivity contribution in [3.8, 4) is 0 Å². The van der Waals surface area contributed by atoms with Crippen LogP contribution in [0, 0.1) is 0 Å². The first-order valence-corrected chi connectivity index (χ1v) is 10.0. The van der Waals surface area contributed by atoms with E-state index in [9.17, 15) is 0 Å². The van der Waals surface area contributed by atoms with Crippen molar-refractivity contribution in [1.29, 1.82) is 0 Å². The number of hydrogen-bond acceptors (Lipinski definition) is 4. The van der Waals surface area contributed by atoms with Gasteiger partial charge in [0.1, 0.15) is 0 Å². The number of morpholine rings is 1. The van der Waals surface area contributed by atoms with Crippen LogP contribution in [-0.2, 0) is 22.4 Å². The smallest absolute Gasteiger partial charge is 0.169 e. The molecule has 0 atom stereocenters. The Kier molecular flexibility index (Phi) is 9.92. The molecule has 0 amide bonds. The van der Waals surface area contributed by atoms with E-state index < -0.39 is 0 Å². The Morgan fingerprint density at radius 2 is 1.92 bits per heavy atom. The van der Waals surface area contributed by atoms with Crippen LogP contribution in [0.2, 0.25) is 0 Å². The summed E-state index contributed by atoms with van der Waals surface area (Å²) in [5, 5.41) is 4.12. The lowest BCUT2D eigenvalue weighted by molar-refractivity contribution is 0.0367. The third kappa shape index (κ3) is 7.58. The molecule has 0 radical (unpaired) electrons. The topological polar surface area (TPSA) is 37.0 Å². The number of nitrogens with one attached hydrogen (secondary N) is 1. The molecule has 1 aromatic carbocycles. The van der Waals surface area contributed by atoms with E-state index in [1.165, 1.54) is 11.1 Å². The lowest BCUT2D eigenvalue weighted by Crippen LogP contribution is -2.42. The summed E-state index contributed by atoms with van der Waals surface area (Å²) in [5.74, 6) is 0. The van der Waals surface area contributed by atoms with E-state index in [4.69, 9.17) is 21.7 Å². The van der Waals surface area contributed by atoms with Gasteiger partial charge < -0.3 is 19.7 Å². The molecule has 1 heterocycles. The van der Waals surface area contributed by atoms with Crippen molar-refractivity contribution < 1.29 is 9.47 Å². The molecule has 1 aliphatic heterocycles. The molecule has 1 aromatic rings. The molecule has 0 aliphatic carbocycles. The van der Waals surface area contributed by atoms with Crippen molar-refractivity contribution >= 4 is 17.3 Å². The third-order valence-electron chi connectivity index (χ3n) is 4.68. The highest BCUT2D eigenvalue weighted by Gasteiger charge is 2.13. The molecular formula is C20H33N3O2S. The van der Waals surface area contributed by atoms with Crippen LogP contribution in [-0.4, -0.2) is 74.6 Å². The predicted octanol–water partition coefficient (Wildman–Crippen LogP) is 2.29. The van der Waals surface area contributed by atoms with Crippen LogP contribution in [0.1, 0.15) is 24.5 Å². The second-order valence-corrected chi connectivity index (χ2v) is 7.01. The highest BCUT2D eigenvalue weighted by atomic mass is 32.1. The van der Waals surface area contributed by atoms with Crippen molar-refractivity contribution in [2.45, 2.75) is 26.3 Å². The second kappa shape index (κ2) is 12.2. The van der Waals surface area contributed by atoms with Gasteiger partial charge in [-0.3, -0.25) is 4.90 Å². The van der Waals surface area contributed by atoms with Crippen LogP contribution in [0.15, 0.2) is 24.3 Å². The van der Waals surface area contributed by atoms with E-state index in [0.717, 1.165) is 70.4 Å². The summed E-state index contributed by atoms with van der Waals surface area (Å²) in [5.41, 5.74) is 2.66. The van der Waals surface area contributed by atoms with Gasteiger partial charge in [-0.1, -0.05) is 31.2 Å². The van der Waals surface area contributed by atoms with Crippen LogP contribution >= 0.6 is 12.2 Å². The van der Waals surface area contributed by atoms with Gasteiger partial charge in [0.2, 0.25) is 0 Å². The number of thiocarbonyl (C=S) groups is 1. The molecule has 26 heavy (non-hydrogen) atoms. The number of aryl methyl sites for hydroxylation is 1. The number of nitrogens with zero attached hydrogens (tertiary/aromatic N) is 2. The number of hydrogen-bond donors (Lipinski definition) is 1. The molecule has 0 aromatic heterocycles. The number of rotatable bonds is 10.